The van der Waals surface area contributed by atoms with Crippen LogP contribution in [0.5, 0.6) is 0 Å². The largest absolute Gasteiger partial charge is 0.459 e. The predicted octanol–water partition coefficient (Wildman–Crippen LogP) is 2.95. The van der Waals surface area contributed by atoms with Crippen molar-refractivity contribution in [3.63, 3.8) is 0 Å². The van der Waals surface area contributed by atoms with Gasteiger partial charge in [0.15, 0.2) is 11.5 Å². The van der Waals surface area contributed by atoms with Crippen molar-refractivity contribution in [2.24, 2.45) is 11.8 Å². The summed E-state index contributed by atoms with van der Waals surface area (Å²) in [7, 11) is 0. The number of nitrogens with zero attached hydrogens (tertiary/aromatic N) is 2. The van der Waals surface area contributed by atoms with Crippen molar-refractivity contribution < 1.29 is 18.4 Å². The van der Waals surface area contributed by atoms with Crippen LogP contribution in [0, 0.1) is 11.8 Å². The Bertz CT molecular complexity index is 689. The molecule has 2 heterocycles. The third-order valence-electron chi connectivity index (χ3n) is 3.39. The van der Waals surface area contributed by atoms with Crippen molar-refractivity contribution >= 4 is 11.8 Å². The molecule has 0 aliphatic heterocycles. The molecule has 25 heavy (non-hydrogen) atoms. The van der Waals surface area contributed by atoms with Gasteiger partial charge in [0.1, 0.15) is 6.26 Å². The standard InChI is InChI=1S/C18H25N3O4/c1-12(2)8-19-17(22)14-11-25-16(20-14)10-21(9-13(3)4)18(23)15-6-5-7-24-15/h5-7,11-13H,8-10H2,1-4H3,(H,19,22). The summed E-state index contributed by atoms with van der Waals surface area (Å²) in [6, 6.07) is 3.29. The molecule has 0 aliphatic carbocycles. The molecule has 0 spiro atoms. The van der Waals surface area contributed by atoms with Crippen molar-refractivity contribution in [3.8, 4) is 0 Å². The van der Waals surface area contributed by atoms with Crippen LogP contribution in [0.2, 0.25) is 0 Å². The van der Waals surface area contributed by atoms with Crippen LogP contribution >= 0.6 is 0 Å². The van der Waals surface area contributed by atoms with Crippen molar-refractivity contribution in [1.29, 1.82) is 0 Å². The molecule has 2 aromatic heterocycles. The van der Waals surface area contributed by atoms with Crippen LogP contribution in [0.4, 0.5) is 0 Å². The second-order valence-corrected chi connectivity index (χ2v) is 6.79. The highest BCUT2D eigenvalue weighted by Crippen LogP contribution is 2.13. The maximum Gasteiger partial charge on any atom is 0.290 e. The Morgan fingerprint density at radius 2 is 1.96 bits per heavy atom. The monoisotopic (exact) mass is 347 g/mol. The molecule has 0 fully saturated rings. The van der Waals surface area contributed by atoms with E-state index in [1.54, 1.807) is 17.0 Å². The topological polar surface area (TPSA) is 88.6 Å². The average Bonchev–Trinajstić information content (AvgIpc) is 3.22. The summed E-state index contributed by atoms with van der Waals surface area (Å²) in [6.07, 6.45) is 2.78. The number of hydrogen-bond acceptors (Lipinski definition) is 5. The van der Waals surface area contributed by atoms with Gasteiger partial charge in [-0.2, -0.15) is 0 Å². The van der Waals surface area contributed by atoms with E-state index in [0.29, 0.717) is 24.9 Å². The molecule has 0 atom stereocenters. The van der Waals surface area contributed by atoms with Crippen LogP contribution in [-0.2, 0) is 6.54 Å². The van der Waals surface area contributed by atoms with Crippen LogP contribution in [0.1, 0.15) is 54.6 Å². The van der Waals surface area contributed by atoms with Crippen LogP contribution in [0.25, 0.3) is 0 Å². The Hall–Kier alpha value is -2.57. The zero-order valence-electron chi connectivity index (χ0n) is 15.1. The molecule has 2 aromatic rings. The molecule has 7 heteroatoms. The third kappa shape index (κ3) is 5.48. The molecular formula is C18H25N3O4. The van der Waals surface area contributed by atoms with Gasteiger partial charge in [-0.25, -0.2) is 4.98 Å². The zero-order valence-corrected chi connectivity index (χ0v) is 15.1. The Morgan fingerprint density at radius 3 is 2.56 bits per heavy atom. The number of furan rings is 1. The molecule has 0 bridgehead atoms. The molecule has 2 amide bonds. The first-order valence-corrected chi connectivity index (χ1v) is 8.42. The molecular weight excluding hydrogens is 322 g/mol. The third-order valence-corrected chi connectivity index (χ3v) is 3.39. The van der Waals surface area contributed by atoms with Crippen molar-refractivity contribution in [1.82, 2.24) is 15.2 Å². The first-order chi connectivity index (χ1) is 11.9. The van der Waals surface area contributed by atoms with Gasteiger partial charge in [0, 0.05) is 13.1 Å². The Morgan fingerprint density at radius 1 is 1.20 bits per heavy atom. The minimum atomic E-state index is -0.281. The van der Waals surface area contributed by atoms with Gasteiger partial charge >= 0.3 is 0 Å². The van der Waals surface area contributed by atoms with E-state index in [2.05, 4.69) is 10.3 Å². The van der Waals surface area contributed by atoms with Crippen molar-refractivity contribution in [2.75, 3.05) is 13.1 Å². The molecule has 0 aromatic carbocycles. The minimum Gasteiger partial charge on any atom is -0.459 e. The Labute approximate surface area is 147 Å². The number of rotatable bonds is 8. The van der Waals surface area contributed by atoms with Gasteiger partial charge in [0.05, 0.1) is 12.8 Å². The molecule has 0 saturated heterocycles. The highest BCUT2D eigenvalue weighted by Gasteiger charge is 2.22. The zero-order chi connectivity index (χ0) is 18.4. The van der Waals surface area contributed by atoms with E-state index < -0.39 is 0 Å². The summed E-state index contributed by atoms with van der Waals surface area (Å²) in [5.41, 5.74) is 0.214. The molecule has 0 unspecified atom stereocenters. The van der Waals surface area contributed by atoms with E-state index in [1.807, 2.05) is 27.7 Å². The number of oxazole rings is 1. The number of hydrogen-bond donors (Lipinski definition) is 1. The fraction of sp³-hybridized carbons (Fsp3) is 0.500. The Kier molecular flexibility index (Phi) is 6.38. The smallest absolute Gasteiger partial charge is 0.290 e. The second-order valence-electron chi connectivity index (χ2n) is 6.79. The molecule has 0 radical (unpaired) electrons. The van der Waals surface area contributed by atoms with Gasteiger partial charge in [0.25, 0.3) is 11.8 Å². The van der Waals surface area contributed by atoms with Crippen LogP contribution < -0.4 is 5.32 Å². The summed E-state index contributed by atoms with van der Waals surface area (Å²) in [5.74, 6) is 0.682. The van der Waals surface area contributed by atoms with Gasteiger partial charge in [0.2, 0.25) is 5.89 Å². The lowest BCUT2D eigenvalue weighted by atomic mass is 10.2. The van der Waals surface area contributed by atoms with Gasteiger partial charge in [-0.05, 0) is 24.0 Å². The van der Waals surface area contributed by atoms with E-state index in [-0.39, 0.29) is 35.7 Å². The highest BCUT2D eigenvalue weighted by molar-refractivity contribution is 5.92. The van der Waals surface area contributed by atoms with Crippen LogP contribution in [0.3, 0.4) is 0 Å². The number of carbonyl (C=O) groups excluding carboxylic acids is 2. The first-order valence-electron chi connectivity index (χ1n) is 8.42. The molecule has 136 valence electrons. The minimum absolute atomic E-state index is 0.176. The lowest BCUT2D eigenvalue weighted by Gasteiger charge is -2.22. The van der Waals surface area contributed by atoms with E-state index in [9.17, 15) is 9.59 Å². The van der Waals surface area contributed by atoms with Gasteiger partial charge in [-0.1, -0.05) is 27.7 Å². The van der Waals surface area contributed by atoms with E-state index in [4.69, 9.17) is 8.83 Å². The van der Waals surface area contributed by atoms with Gasteiger partial charge in [-0.15, -0.1) is 0 Å². The summed E-state index contributed by atoms with van der Waals surface area (Å²) < 4.78 is 10.6. The van der Waals surface area contributed by atoms with Crippen LogP contribution in [-0.4, -0.2) is 34.8 Å². The second kappa shape index (κ2) is 8.50. The number of nitrogens with one attached hydrogen (secondary N) is 1. The maximum absolute atomic E-state index is 12.5. The lowest BCUT2D eigenvalue weighted by molar-refractivity contribution is 0.0674. The van der Waals surface area contributed by atoms with Gasteiger partial charge in [-0.3, -0.25) is 9.59 Å². The number of amides is 2. The summed E-state index contributed by atoms with van der Waals surface area (Å²) in [5, 5.41) is 2.79. The molecule has 1 N–H and O–H groups in total. The first kappa shape index (κ1) is 18.8. The maximum atomic E-state index is 12.5. The quantitative estimate of drug-likeness (QED) is 0.793. The Balaban J connectivity index is 2.06. The van der Waals surface area contributed by atoms with E-state index in [1.165, 1.54) is 12.5 Å². The average molecular weight is 347 g/mol. The van der Waals surface area contributed by atoms with Crippen LogP contribution in [0.15, 0.2) is 33.5 Å². The fourth-order valence-corrected chi connectivity index (χ4v) is 2.25. The molecule has 2 rings (SSSR count). The summed E-state index contributed by atoms with van der Waals surface area (Å²) >= 11 is 0. The SMILES string of the molecule is CC(C)CNC(=O)c1coc(CN(CC(C)C)C(=O)c2ccco2)n1. The predicted molar refractivity (Wildman–Crippen MR) is 92.0 cm³/mol. The number of aromatic nitrogens is 1. The normalized spacial score (nSPS) is 11.1. The highest BCUT2D eigenvalue weighted by atomic mass is 16.3. The van der Waals surface area contributed by atoms with E-state index >= 15 is 0 Å². The lowest BCUT2D eigenvalue weighted by Crippen LogP contribution is -2.33. The molecule has 7 nitrogen and oxygen atoms in total. The van der Waals surface area contributed by atoms with Gasteiger partial charge < -0.3 is 19.1 Å². The van der Waals surface area contributed by atoms with Crippen molar-refractivity contribution in [3.05, 3.63) is 42.0 Å². The summed E-state index contributed by atoms with van der Waals surface area (Å²) in [6.45, 7) is 9.33. The fourth-order valence-electron chi connectivity index (χ4n) is 2.25. The number of carbonyl (C=O) groups is 2. The van der Waals surface area contributed by atoms with Crippen molar-refractivity contribution in [2.45, 2.75) is 34.2 Å². The molecule has 0 aliphatic rings. The summed E-state index contributed by atoms with van der Waals surface area (Å²) in [4.78, 5) is 30.4. The van der Waals surface area contributed by atoms with E-state index in [0.717, 1.165) is 0 Å². The molecule has 0 saturated carbocycles.